The van der Waals surface area contributed by atoms with Crippen molar-refractivity contribution in [1.82, 2.24) is 0 Å². The van der Waals surface area contributed by atoms with Gasteiger partial charge in [0.05, 0.1) is 0 Å². The predicted octanol–water partition coefficient (Wildman–Crippen LogP) is 3.78. The van der Waals surface area contributed by atoms with Gasteiger partial charge in [0.1, 0.15) is 0 Å². The Bertz CT molecular complexity index is 171. The number of rotatable bonds is 5. The Kier molecular flexibility index (Phi) is 3.14. The van der Waals surface area contributed by atoms with Crippen LogP contribution < -0.4 is 0 Å². The first-order valence-corrected chi connectivity index (χ1v) is 7.12. The Hall–Kier alpha value is 0.640. The van der Waals surface area contributed by atoms with Crippen molar-refractivity contribution in [2.24, 2.45) is 17.3 Å². The molecule has 0 aromatic heterocycles. The van der Waals surface area contributed by atoms with Gasteiger partial charge in [0.25, 0.3) is 0 Å². The van der Waals surface area contributed by atoms with Gasteiger partial charge in [-0.2, -0.15) is 11.8 Å². The zero-order valence-electron chi connectivity index (χ0n) is 8.39. The third-order valence-electron chi connectivity index (χ3n) is 3.72. The number of hydrogen-bond donors (Lipinski definition) is 0. The van der Waals surface area contributed by atoms with Gasteiger partial charge in [0.15, 0.2) is 0 Å². The first-order valence-electron chi connectivity index (χ1n) is 5.43. The van der Waals surface area contributed by atoms with E-state index in [1.807, 2.05) is 0 Å². The normalized spacial score (nSPS) is 42.0. The highest BCUT2D eigenvalue weighted by molar-refractivity contribution is 7.99. The zero-order valence-corrected chi connectivity index (χ0v) is 9.96. The van der Waals surface area contributed by atoms with Crippen LogP contribution >= 0.6 is 23.4 Å². The maximum atomic E-state index is 6.12. The first-order chi connectivity index (χ1) is 6.29. The van der Waals surface area contributed by atoms with Crippen LogP contribution in [0.4, 0.5) is 0 Å². The molecule has 2 fully saturated rings. The number of thioether (sulfide) groups is 1. The molecule has 0 aromatic carbocycles. The van der Waals surface area contributed by atoms with E-state index in [4.69, 9.17) is 11.6 Å². The minimum atomic E-state index is 0.553. The molecule has 2 aliphatic carbocycles. The lowest BCUT2D eigenvalue weighted by molar-refractivity contribution is 0.296. The summed E-state index contributed by atoms with van der Waals surface area (Å²) < 4.78 is 0. The second kappa shape index (κ2) is 4.02. The van der Waals surface area contributed by atoms with Gasteiger partial charge in [-0.3, -0.25) is 0 Å². The molecule has 13 heavy (non-hydrogen) atoms. The van der Waals surface area contributed by atoms with Crippen molar-refractivity contribution in [1.29, 1.82) is 0 Å². The third-order valence-corrected chi connectivity index (χ3v) is 5.19. The fourth-order valence-corrected chi connectivity index (χ4v) is 4.04. The van der Waals surface area contributed by atoms with Gasteiger partial charge >= 0.3 is 0 Å². The lowest BCUT2D eigenvalue weighted by Gasteiger charge is -2.28. The second-order valence-corrected chi connectivity index (χ2v) is 6.41. The van der Waals surface area contributed by atoms with Crippen LogP contribution in [0, 0.1) is 17.3 Å². The second-order valence-electron chi connectivity index (χ2n) is 4.74. The van der Waals surface area contributed by atoms with E-state index in [0.717, 1.165) is 17.7 Å². The average molecular weight is 219 g/mol. The molecule has 2 rings (SSSR count). The molecule has 2 aliphatic rings. The van der Waals surface area contributed by atoms with Crippen LogP contribution in [0.15, 0.2) is 0 Å². The maximum Gasteiger partial charge on any atom is 0.0280 e. The van der Waals surface area contributed by atoms with Gasteiger partial charge in [-0.05, 0) is 54.4 Å². The summed E-state index contributed by atoms with van der Waals surface area (Å²) >= 11 is 8.19. The van der Waals surface area contributed by atoms with Crippen molar-refractivity contribution >= 4 is 23.4 Å². The smallest absolute Gasteiger partial charge is 0.0280 e. The minimum Gasteiger partial charge on any atom is -0.162 e. The van der Waals surface area contributed by atoms with Crippen molar-refractivity contribution in [3.05, 3.63) is 0 Å². The highest BCUT2D eigenvalue weighted by Crippen LogP contribution is 2.61. The van der Waals surface area contributed by atoms with Crippen molar-refractivity contribution < 1.29 is 0 Å². The molecule has 0 nitrogen and oxygen atoms in total. The van der Waals surface area contributed by atoms with Crippen LogP contribution in [0.25, 0.3) is 0 Å². The molecule has 0 aromatic rings. The standard InChI is InChI=1S/C11H19ClS/c1-2-13-4-3-11(8-12)6-9-5-10(9)7-11/h9-10H,2-8H2,1H3. The molecule has 2 unspecified atom stereocenters. The van der Waals surface area contributed by atoms with Gasteiger partial charge < -0.3 is 0 Å². The molecule has 0 aliphatic heterocycles. The quantitative estimate of drug-likeness (QED) is 0.500. The van der Waals surface area contributed by atoms with E-state index in [0.29, 0.717) is 5.41 Å². The molecule has 2 saturated carbocycles. The Morgan fingerprint density at radius 3 is 2.62 bits per heavy atom. The summed E-state index contributed by atoms with van der Waals surface area (Å²) in [4.78, 5) is 0. The Morgan fingerprint density at radius 2 is 2.08 bits per heavy atom. The highest BCUT2D eigenvalue weighted by atomic mass is 35.5. The average Bonchev–Trinajstić information content (AvgIpc) is 2.76. The maximum absolute atomic E-state index is 6.12. The topological polar surface area (TPSA) is 0 Å². The third kappa shape index (κ3) is 2.18. The van der Waals surface area contributed by atoms with Crippen LogP contribution in [0.5, 0.6) is 0 Å². The molecule has 0 spiro atoms. The summed E-state index contributed by atoms with van der Waals surface area (Å²) in [5, 5.41) is 0. The van der Waals surface area contributed by atoms with E-state index in [1.54, 1.807) is 0 Å². The fraction of sp³-hybridized carbons (Fsp3) is 1.00. The Labute approximate surface area is 90.8 Å². The van der Waals surface area contributed by atoms with E-state index in [2.05, 4.69) is 18.7 Å². The molecule has 76 valence electrons. The number of fused-ring (bicyclic) bond motifs is 1. The molecule has 0 bridgehead atoms. The molecule has 2 atom stereocenters. The molecule has 0 N–H and O–H groups in total. The van der Waals surface area contributed by atoms with Crippen LogP contribution in [0.2, 0.25) is 0 Å². The summed E-state index contributed by atoms with van der Waals surface area (Å²) in [6.45, 7) is 2.24. The van der Waals surface area contributed by atoms with Gasteiger partial charge in [-0.25, -0.2) is 0 Å². The van der Waals surface area contributed by atoms with Gasteiger partial charge in [-0.15, -0.1) is 11.6 Å². The van der Waals surface area contributed by atoms with Crippen LogP contribution in [0.1, 0.15) is 32.6 Å². The van der Waals surface area contributed by atoms with E-state index < -0.39 is 0 Å². The monoisotopic (exact) mass is 218 g/mol. The number of hydrogen-bond acceptors (Lipinski definition) is 1. The largest absolute Gasteiger partial charge is 0.162 e. The van der Waals surface area contributed by atoms with E-state index in [1.165, 1.54) is 37.2 Å². The highest BCUT2D eigenvalue weighted by Gasteiger charge is 2.52. The summed E-state index contributed by atoms with van der Waals surface area (Å²) in [7, 11) is 0. The van der Waals surface area contributed by atoms with Crippen molar-refractivity contribution in [2.75, 3.05) is 17.4 Å². The molecule has 0 radical (unpaired) electrons. The van der Waals surface area contributed by atoms with Crippen molar-refractivity contribution in [3.8, 4) is 0 Å². The van der Waals surface area contributed by atoms with Crippen LogP contribution in [-0.4, -0.2) is 17.4 Å². The minimum absolute atomic E-state index is 0.553. The fourth-order valence-electron chi connectivity index (χ4n) is 2.82. The molecule has 2 heteroatoms. The Balaban J connectivity index is 1.78. The van der Waals surface area contributed by atoms with Crippen LogP contribution in [0.3, 0.4) is 0 Å². The molecule has 0 amide bonds. The SMILES string of the molecule is CCSCCC1(CCl)CC2CC2C1. The molecule has 0 heterocycles. The summed E-state index contributed by atoms with van der Waals surface area (Å²) in [5.74, 6) is 5.63. The molecular formula is C11H19ClS. The zero-order chi connectivity index (χ0) is 9.31. The predicted molar refractivity (Wildman–Crippen MR) is 61.6 cm³/mol. The summed E-state index contributed by atoms with van der Waals surface area (Å²) in [6, 6.07) is 0. The summed E-state index contributed by atoms with van der Waals surface area (Å²) in [6.07, 6.45) is 5.75. The van der Waals surface area contributed by atoms with Crippen molar-refractivity contribution in [3.63, 3.8) is 0 Å². The molecular weight excluding hydrogens is 200 g/mol. The number of alkyl halides is 1. The summed E-state index contributed by atoms with van der Waals surface area (Å²) in [5.41, 5.74) is 0.553. The molecule has 0 saturated heterocycles. The van der Waals surface area contributed by atoms with E-state index in [-0.39, 0.29) is 0 Å². The van der Waals surface area contributed by atoms with E-state index in [9.17, 15) is 0 Å². The first kappa shape index (κ1) is 10.2. The lowest BCUT2D eigenvalue weighted by Crippen LogP contribution is -2.21. The van der Waals surface area contributed by atoms with E-state index >= 15 is 0 Å². The van der Waals surface area contributed by atoms with Crippen molar-refractivity contribution in [2.45, 2.75) is 32.6 Å². The van der Waals surface area contributed by atoms with Gasteiger partial charge in [0, 0.05) is 5.88 Å². The number of halogens is 1. The van der Waals surface area contributed by atoms with Gasteiger partial charge in [0.2, 0.25) is 0 Å². The van der Waals surface area contributed by atoms with Gasteiger partial charge in [-0.1, -0.05) is 6.92 Å². The van der Waals surface area contributed by atoms with Crippen LogP contribution in [-0.2, 0) is 0 Å². The lowest BCUT2D eigenvalue weighted by atomic mass is 9.82. The Morgan fingerprint density at radius 1 is 1.38 bits per heavy atom.